The van der Waals surface area contributed by atoms with Crippen molar-refractivity contribution in [3.8, 4) is 5.75 Å². The molecule has 0 spiro atoms. The maximum absolute atomic E-state index is 12.1. The molecule has 0 unspecified atom stereocenters. The first kappa shape index (κ1) is 13.1. The number of hydrogen-bond donors (Lipinski definition) is 2. The topological polar surface area (TPSA) is 64.3 Å². The van der Waals surface area contributed by atoms with Gasteiger partial charge < -0.3 is 15.8 Å². The van der Waals surface area contributed by atoms with Gasteiger partial charge in [0.05, 0.1) is 7.11 Å². The van der Waals surface area contributed by atoms with Crippen LogP contribution in [0.3, 0.4) is 0 Å². The number of anilines is 1. The molecule has 98 valence electrons. The van der Waals surface area contributed by atoms with E-state index in [4.69, 9.17) is 10.5 Å². The molecule has 2 aromatic carbocycles. The SMILES string of the molecule is COc1ccc(NC(=O)c2cccc(CN)c2)cc1. The maximum Gasteiger partial charge on any atom is 0.255 e. The van der Waals surface area contributed by atoms with Gasteiger partial charge in [0.15, 0.2) is 0 Å². The monoisotopic (exact) mass is 256 g/mol. The number of hydrogen-bond acceptors (Lipinski definition) is 3. The largest absolute Gasteiger partial charge is 0.497 e. The van der Waals surface area contributed by atoms with Gasteiger partial charge in [0.25, 0.3) is 5.91 Å². The normalized spacial score (nSPS) is 10.0. The molecule has 0 saturated carbocycles. The van der Waals surface area contributed by atoms with E-state index >= 15 is 0 Å². The van der Waals surface area contributed by atoms with Crippen molar-refractivity contribution in [2.45, 2.75) is 6.54 Å². The Morgan fingerprint density at radius 2 is 1.95 bits per heavy atom. The van der Waals surface area contributed by atoms with Gasteiger partial charge in [-0.05, 0) is 42.0 Å². The molecule has 0 bridgehead atoms. The molecule has 3 N–H and O–H groups in total. The van der Waals surface area contributed by atoms with Gasteiger partial charge in [-0.25, -0.2) is 0 Å². The van der Waals surface area contributed by atoms with E-state index in [1.54, 1.807) is 43.5 Å². The van der Waals surface area contributed by atoms with Crippen LogP contribution in [0.2, 0.25) is 0 Å². The number of nitrogens with two attached hydrogens (primary N) is 1. The van der Waals surface area contributed by atoms with Crippen LogP contribution in [-0.2, 0) is 6.54 Å². The molecule has 0 aliphatic carbocycles. The summed E-state index contributed by atoms with van der Waals surface area (Å²) in [5.74, 6) is 0.601. The molecule has 0 saturated heterocycles. The molecule has 19 heavy (non-hydrogen) atoms. The summed E-state index contributed by atoms with van der Waals surface area (Å²) >= 11 is 0. The lowest BCUT2D eigenvalue weighted by molar-refractivity contribution is 0.102. The molecule has 1 amide bonds. The minimum absolute atomic E-state index is 0.152. The van der Waals surface area contributed by atoms with Crippen LogP contribution in [0.5, 0.6) is 5.75 Å². The third kappa shape index (κ3) is 3.33. The van der Waals surface area contributed by atoms with Crippen molar-refractivity contribution in [3.05, 3.63) is 59.7 Å². The molecule has 2 rings (SSSR count). The third-order valence-corrected chi connectivity index (χ3v) is 2.77. The van der Waals surface area contributed by atoms with Crippen molar-refractivity contribution >= 4 is 11.6 Å². The standard InChI is InChI=1S/C15H16N2O2/c1-19-14-7-5-13(6-8-14)17-15(18)12-4-2-3-11(9-12)10-16/h2-9H,10,16H2,1H3,(H,17,18). The first-order valence-electron chi connectivity index (χ1n) is 5.97. The number of rotatable bonds is 4. The van der Waals surface area contributed by atoms with E-state index in [0.717, 1.165) is 17.0 Å². The summed E-state index contributed by atoms with van der Waals surface area (Å²) < 4.78 is 5.06. The number of carbonyl (C=O) groups excluding carboxylic acids is 1. The van der Waals surface area contributed by atoms with E-state index < -0.39 is 0 Å². The second-order valence-electron chi connectivity index (χ2n) is 4.09. The van der Waals surface area contributed by atoms with Crippen LogP contribution in [0, 0.1) is 0 Å². The first-order valence-corrected chi connectivity index (χ1v) is 5.97. The highest BCUT2D eigenvalue weighted by molar-refractivity contribution is 6.04. The molecule has 0 aliphatic rings. The van der Waals surface area contributed by atoms with E-state index in [0.29, 0.717) is 12.1 Å². The van der Waals surface area contributed by atoms with Crippen LogP contribution in [0.1, 0.15) is 15.9 Å². The van der Waals surface area contributed by atoms with Crippen LogP contribution >= 0.6 is 0 Å². The third-order valence-electron chi connectivity index (χ3n) is 2.77. The second kappa shape index (κ2) is 6.02. The maximum atomic E-state index is 12.1. The summed E-state index contributed by atoms with van der Waals surface area (Å²) in [6.45, 7) is 0.420. The van der Waals surface area contributed by atoms with Gasteiger partial charge in [0.1, 0.15) is 5.75 Å². The number of benzene rings is 2. The van der Waals surface area contributed by atoms with Crippen molar-refractivity contribution < 1.29 is 9.53 Å². The van der Waals surface area contributed by atoms with Gasteiger partial charge in [-0.3, -0.25) is 4.79 Å². The molecule has 4 nitrogen and oxygen atoms in total. The van der Waals surface area contributed by atoms with E-state index in [9.17, 15) is 4.79 Å². The lowest BCUT2D eigenvalue weighted by Crippen LogP contribution is -2.12. The Bertz CT molecular complexity index is 565. The molecule has 0 fully saturated rings. The summed E-state index contributed by atoms with van der Waals surface area (Å²) in [5, 5.41) is 2.83. The van der Waals surface area contributed by atoms with Crippen molar-refractivity contribution in [2.75, 3.05) is 12.4 Å². The molecular weight excluding hydrogens is 240 g/mol. The minimum Gasteiger partial charge on any atom is -0.497 e. The Morgan fingerprint density at radius 1 is 1.21 bits per heavy atom. The highest BCUT2D eigenvalue weighted by atomic mass is 16.5. The number of ether oxygens (including phenoxy) is 1. The van der Waals surface area contributed by atoms with Gasteiger partial charge in [0, 0.05) is 17.8 Å². The predicted molar refractivity (Wildman–Crippen MR) is 75.3 cm³/mol. The van der Waals surface area contributed by atoms with Crippen LogP contribution in [-0.4, -0.2) is 13.0 Å². The summed E-state index contributed by atoms with van der Waals surface area (Å²) in [7, 11) is 1.60. The number of methoxy groups -OCH3 is 1. The average molecular weight is 256 g/mol. The first-order chi connectivity index (χ1) is 9.22. The fourth-order valence-corrected chi connectivity index (χ4v) is 1.72. The summed E-state index contributed by atoms with van der Waals surface area (Å²) in [5.41, 5.74) is 7.81. The summed E-state index contributed by atoms with van der Waals surface area (Å²) in [4.78, 5) is 12.1. The van der Waals surface area contributed by atoms with Crippen molar-refractivity contribution in [2.24, 2.45) is 5.73 Å². The molecule has 0 aromatic heterocycles. The van der Waals surface area contributed by atoms with Crippen molar-refractivity contribution in [3.63, 3.8) is 0 Å². The summed E-state index contributed by atoms with van der Waals surface area (Å²) in [6, 6.07) is 14.5. The lowest BCUT2D eigenvalue weighted by Gasteiger charge is -2.07. The molecular formula is C15H16N2O2. The smallest absolute Gasteiger partial charge is 0.255 e. The van der Waals surface area contributed by atoms with Crippen LogP contribution in [0.15, 0.2) is 48.5 Å². The van der Waals surface area contributed by atoms with E-state index in [2.05, 4.69) is 5.32 Å². The Balaban J connectivity index is 2.11. The number of carbonyl (C=O) groups is 1. The highest BCUT2D eigenvalue weighted by Gasteiger charge is 2.06. The molecule has 0 atom stereocenters. The fraction of sp³-hybridized carbons (Fsp3) is 0.133. The second-order valence-corrected chi connectivity index (χ2v) is 4.09. The number of amides is 1. The van der Waals surface area contributed by atoms with Gasteiger partial charge in [-0.1, -0.05) is 12.1 Å². The van der Waals surface area contributed by atoms with Crippen LogP contribution in [0.25, 0.3) is 0 Å². The zero-order chi connectivity index (χ0) is 13.7. The minimum atomic E-state index is -0.152. The van der Waals surface area contributed by atoms with E-state index in [1.165, 1.54) is 0 Å². The Labute approximate surface area is 112 Å². The van der Waals surface area contributed by atoms with Gasteiger partial charge in [-0.2, -0.15) is 0 Å². The van der Waals surface area contributed by atoms with Crippen LogP contribution < -0.4 is 15.8 Å². The molecule has 0 radical (unpaired) electrons. The Kier molecular flexibility index (Phi) is 4.15. The van der Waals surface area contributed by atoms with Gasteiger partial charge >= 0.3 is 0 Å². The Morgan fingerprint density at radius 3 is 2.58 bits per heavy atom. The quantitative estimate of drug-likeness (QED) is 0.883. The van der Waals surface area contributed by atoms with E-state index in [-0.39, 0.29) is 5.91 Å². The molecule has 4 heteroatoms. The van der Waals surface area contributed by atoms with Crippen LogP contribution in [0.4, 0.5) is 5.69 Å². The number of nitrogens with one attached hydrogen (secondary N) is 1. The molecule has 0 heterocycles. The zero-order valence-electron chi connectivity index (χ0n) is 10.7. The average Bonchev–Trinajstić information content (AvgIpc) is 2.48. The molecule has 2 aromatic rings. The van der Waals surface area contributed by atoms with E-state index in [1.807, 2.05) is 12.1 Å². The highest BCUT2D eigenvalue weighted by Crippen LogP contribution is 2.16. The van der Waals surface area contributed by atoms with Crippen molar-refractivity contribution in [1.82, 2.24) is 0 Å². The van der Waals surface area contributed by atoms with Gasteiger partial charge in [0.2, 0.25) is 0 Å². The lowest BCUT2D eigenvalue weighted by atomic mass is 10.1. The fourth-order valence-electron chi connectivity index (χ4n) is 1.72. The molecule has 0 aliphatic heterocycles. The van der Waals surface area contributed by atoms with Gasteiger partial charge in [-0.15, -0.1) is 0 Å². The van der Waals surface area contributed by atoms with Crippen molar-refractivity contribution in [1.29, 1.82) is 0 Å². The Hall–Kier alpha value is -2.33. The summed E-state index contributed by atoms with van der Waals surface area (Å²) in [6.07, 6.45) is 0. The predicted octanol–water partition coefficient (Wildman–Crippen LogP) is 2.41. The zero-order valence-corrected chi connectivity index (χ0v) is 10.7.